The van der Waals surface area contributed by atoms with Gasteiger partial charge in [-0.2, -0.15) is 0 Å². The second-order valence-electron chi connectivity index (χ2n) is 6.95. The molecule has 3 heterocycles. The van der Waals surface area contributed by atoms with Crippen molar-refractivity contribution in [3.63, 3.8) is 0 Å². The Morgan fingerprint density at radius 3 is 2.56 bits per heavy atom. The Labute approximate surface area is 166 Å². The molecule has 1 amide bonds. The molecule has 2 aliphatic heterocycles. The summed E-state index contributed by atoms with van der Waals surface area (Å²) in [5.74, 6) is -1.37. The molecule has 0 unspecified atom stereocenters. The first-order valence-corrected chi connectivity index (χ1v) is 9.32. The fourth-order valence-corrected chi connectivity index (χ4v) is 4.32. The number of amides is 1. The van der Waals surface area contributed by atoms with Crippen LogP contribution >= 0.6 is 23.2 Å². The van der Waals surface area contributed by atoms with E-state index in [0.29, 0.717) is 15.7 Å². The number of nitrogens with zero attached hydrogens (tertiary/aromatic N) is 1. The van der Waals surface area contributed by atoms with Gasteiger partial charge in [0.05, 0.1) is 28.2 Å². The van der Waals surface area contributed by atoms with Gasteiger partial charge in [0.25, 0.3) is 0 Å². The largest absolute Gasteiger partial charge is 0.388 e. The molecule has 2 saturated heterocycles. The monoisotopic (exact) mass is 408 g/mol. The Kier molecular flexibility index (Phi) is 4.86. The van der Waals surface area contributed by atoms with Gasteiger partial charge in [0.15, 0.2) is 0 Å². The van der Waals surface area contributed by atoms with Crippen molar-refractivity contribution in [2.75, 3.05) is 5.32 Å². The van der Waals surface area contributed by atoms with Crippen molar-refractivity contribution in [2.45, 2.75) is 37.3 Å². The molecule has 8 heteroatoms. The standard InChI is InChI=1S/C19H18Cl2N2O4/c1-8-6-9(4-5-22-8)13-14(18-16(25)15(24)17(13)27-18)19(26)23-10-2-3-11(20)12(21)7-10/h2-7,13-18,24-25H,1H3,(H,23,26)/t13-,14-,15+,16-,17-,18+/m0/s1. The number of halogens is 2. The minimum absolute atomic E-state index is 0.314. The normalized spacial score (nSPS) is 31.9. The number of nitrogens with one attached hydrogen (secondary N) is 1. The fourth-order valence-electron chi connectivity index (χ4n) is 4.02. The number of benzene rings is 1. The first-order valence-electron chi connectivity index (χ1n) is 8.57. The lowest BCUT2D eigenvalue weighted by Crippen LogP contribution is -2.49. The Balaban J connectivity index is 1.65. The number of rotatable bonds is 3. The second-order valence-corrected chi connectivity index (χ2v) is 7.76. The van der Waals surface area contributed by atoms with E-state index in [2.05, 4.69) is 10.3 Å². The third kappa shape index (κ3) is 3.22. The van der Waals surface area contributed by atoms with Gasteiger partial charge < -0.3 is 20.3 Å². The van der Waals surface area contributed by atoms with Crippen molar-refractivity contribution < 1.29 is 19.7 Å². The highest BCUT2D eigenvalue weighted by Gasteiger charge is 2.61. The molecule has 2 aliphatic rings. The SMILES string of the molecule is Cc1cc([C@@H]2[C@@H]3O[C@@H]([C@@H](O)[C@H]3O)[C@H]2C(=O)Nc2ccc(Cl)c(Cl)c2)ccn1. The molecule has 1 aromatic heterocycles. The van der Waals surface area contributed by atoms with Crippen LogP contribution in [0.2, 0.25) is 10.0 Å². The van der Waals surface area contributed by atoms with Gasteiger partial charge in [-0.3, -0.25) is 9.78 Å². The summed E-state index contributed by atoms with van der Waals surface area (Å²) in [5.41, 5.74) is 2.14. The number of fused-ring (bicyclic) bond motifs is 2. The maximum atomic E-state index is 13.0. The van der Waals surface area contributed by atoms with E-state index in [-0.39, 0.29) is 5.91 Å². The maximum Gasteiger partial charge on any atom is 0.230 e. The van der Waals surface area contributed by atoms with E-state index in [0.717, 1.165) is 11.3 Å². The number of ether oxygens (including phenoxy) is 1. The molecule has 0 saturated carbocycles. The molecule has 4 rings (SSSR count). The van der Waals surface area contributed by atoms with Crippen LogP contribution < -0.4 is 5.32 Å². The summed E-state index contributed by atoms with van der Waals surface area (Å²) in [7, 11) is 0. The molecule has 0 radical (unpaired) electrons. The molecule has 142 valence electrons. The first-order chi connectivity index (χ1) is 12.9. The summed E-state index contributed by atoms with van der Waals surface area (Å²) >= 11 is 11.9. The number of aromatic nitrogens is 1. The van der Waals surface area contributed by atoms with Crippen LogP contribution in [0.15, 0.2) is 36.5 Å². The number of anilines is 1. The molecule has 6 nitrogen and oxygen atoms in total. The van der Waals surface area contributed by atoms with Gasteiger partial charge in [-0.05, 0) is 42.8 Å². The number of hydrogen-bond acceptors (Lipinski definition) is 5. The first kappa shape index (κ1) is 18.7. The van der Waals surface area contributed by atoms with E-state index >= 15 is 0 Å². The lowest BCUT2D eigenvalue weighted by atomic mass is 9.72. The predicted octanol–water partition coefficient (Wildman–Crippen LogP) is 2.54. The molecule has 3 N–H and O–H groups in total. The number of carbonyl (C=O) groups excluding carboxylic acids is 1. The number of aryl methyl sites for hydroxylation is 1. The molecule has 27 heavy (non-hydrogen) atoms. The van der Waals surface area contributed by atoms with Crippen molar-refractivity contribution in [3.8, 4) is 0 Å². The van der Waals surface area contributed by atoms with Crippen molar-refractivity contribution >= 4 is 34.8 Å². The van der Waals surface area contributed by atoms with Crippen LogP contribution in [0.25, 0.3) is 0 Å². The zero-order valence-electron chi connectivity index (χ0n) is 14.3. The average Bonchev–Trinajstić information content (AvgIpc) is 3.15. The highest BCUT2D eigenvalue weighted by Crippen LogP contribution is 2.49. The van der Waals surface area contributed by atoms with Crippen molar-refractivity contribution in [2.24, 2.45) is 5.92 Å². The van der Waals surface area contributed by atoms with Crippen LogP contribution in [0.5, 0.6) is 0 Å². The summed E-state index contributed by atoms with van der Waals surface area (Å²) in [6.07, 6.45) is -1.93. The summed E-state index contributed by atoms with van der Waals surface area (Å²) in [5, 5.41) is 24.1. The predicted molar refractivity (Wildman–Crippen MR) is 101 cm³/mol. The quantitative estimate of drug-likeness (QED) is 0.725. The molecular formula is C19H18Cl2N2O4. The molecule has 0 aliphatic carbocycles. The van der Waals surface area contributed by atoms with Crippen LogP contribution in [0.3, 0.4) is 0 Å². The number of pyridine rings is 1. The summed E-state index contributed by atoms with van der Waals surface area (Å²) in [6, 6.07) is 8.48. The lowest BCUT2D eigenvalue weighted by molar-refractivity contribution is -0.124. The Bertz CT molecular complexity index is 894. The van der Waals surface area contributed by atoms with Gasteiger partial charge in [0.2, 0.25) is 5.91 Å². The van der Waals surface area contributed by atoms with Crippen molar-refractivity contribution in [1.82, 2.24) is 4.98 Å². The molecule has 2 bridgehead atoms. The zero-order valence-corrected chi connectivity index (χ0v) is 15.9. The van der Waals surface area contributed by atoms with Crippen LogP contribution in [0, 0.1) is 12.8 Å². The van der Waals surface area contributed by atoms with Crippen LogP contribution in [0.4, 0.5) is 5.69 Å². The van der Waals surface area contributed by atoms with Gasteiger partial charge in [0.1, 0.15) is 12.2 Å². The van der Waals surface area contributed by atoms with Crippen LogP contribution in [0.1, 0.15) is 17.2 Å². The number of aliphatic hydroxyl groups is 2. The highest BCUT2D eigenvalue weighted by atomic mass is 35.5. The van der Waals surface area contributed by atoms with Gasteiger partial charge in [-0.1, -0.05) is 23.2 Å². The molecular weight excluding hydrogens is 391 g/mol. The van der Waals surface area contributed by atoms with E-state index in [4.69, 9.17) is 27.9 Å². The smallest absolute Gasteiger partial charge is 0.230 e. The Morgan fingerprint density at radius 2 is 1.85 bits per heavy atom. The van der Waals surface area contributed by atoms with E-state index in [1.165, 1.54) is 0 Å². The van der Waals surface area contributed by atoms with Crippen LogP contribution in [-0.4, -0.2) is 45.5 Å². The van der Waals surface area contributed by atoms with Gasteiger partial charge >= 0.3 is 0 Å². The Hall–Kier alpha value is -1.70. The van der Waals surface area contributed by atoms with E-state index in [9.17, 15) is 15.0 Å². The Morgan fingerprint density at radius 1 is 1.11 bits per heavy atom. The van der Waals surface area contributed by atoms with E-state index < -0.39 is 36.3 Å². The highest BCUT2D eigenvalue weighted by molar-refractivity contribution is 6.42. The van der Waals surface area contributed by atoms with Crippen molar-refractivity contribution in [3.05, 3.63) is 57.8 Å². The molecule has 1 aromatic carbocycles. The fraction of sp³-hybridized carbons (Fsp3) is 0.368. The number of aliphatic hydroxyl groups excluding tert-OH is 2. The second kappa shape index (κ2) is 7.04. The third-order valence-electron chi connectivity index (χ3n) is 5.23. The molecule has 0 spiro atoms. The zero-order chi connectivity index (χ0) is 19.3. The summed E-state index contributed by atoms with van der Waals surface area (Å²) in [4.78, 5) is 17.2. The van der Waals surface area contributed by atoms with Crippen LogP contribution in [-0.2, 0) is 9.53 Å². The molecule has 2 fully saturated rings. The van der Waals surface area contributed by atoms with Gasteiger partial charge in [-0.15, -0.1) is 0 Å². The minimum Gasteiger partial charge on any atom is -0.388 e. The third-order valence-corrected chi connectivity index (χ3v) is 5.97. The maximum absolute atomic E-state index is 13.0. The summed E-state index contributed by atoms with van der Waals surface area (Å²) in [6.45, 7) is 1.85. The van der Waals surface area contributed by atoms with E-state index in [1.807, 2.05) is 13.0 Å². The van der Waals surface area contributed by atoms with Gasteiger partial charge in [-0.25, -0.2) is 0 Å². The van der Waals surface area contributed by atoms with Gasteiger partial charge in [0, 0.05) is 23.5 Å². The minimum atomic E-state index is -1.11. The molecule has 2 aromatic rings. The number of carbonyl (C=O) groups is 1. The van der Waals surface area contributed by atoms with E-state index in [1.54, 1.807) is 30.5 Å². The lowest BCUT2D eigenvalue weighted by Gasteiger charge is -2.33. The van der Waals surface area contributed by atoms with Crippen molar-refractivity contribution in [1.29, 1.82) is 0 Å². The molecule has 6 atom stereocenters. The average molecular weight is 409 g/mol. The summed E-state index contributed by atoms with van der Waals surface area (Å²) < 4.78 is 5.79. The number of hydrogen-bond donors (Lipinski definition) is 3. The topological polar surface area (TPSA) is 91.7 Å².